The second-order valence-corrected chi connectivity index (χ2v) is 7.99. The van der Waals surface area contributed by atoms with Gasteiger partial charge in [0.25, 0.3) is 0 Å². The Kier molecular flexibility index (Phi) is 5.75. The van der Waals surface area contributed by atoms with E-state index >= 15 is 0 Å². The molecule has 31 heavy (non-hydrogen) atoms. The minimum absolute atomic E-state index is 0.0203. The molecule has 160 valence electrons. The fourth-order valence-electron chi connectivity index (χ4n) is 3.73. The number of hydrogen-bond acceptors (Lipinski definition) is 4. The highest BCUT2D eigenvalue weighted by atomic mass is 16.2. The summed E-state index contributed by atoms with van der Waals surface area (Å²) in [4.78, 5) is 28.7. The largest absolute Gasteiger partial charge is 0.378 e. The molecule has 1 N–H and O–H groups in total. The Morgan fingerprint density at radius 3 is 2.58 bits per heavy atom. The van der Waals surface area contributed by atoms with Gasteiger partial charge in [-0.3, -0.25) is 14.5 Å². The summed E-state index contributed by atoms with van der Waals surface area (Å²) in [6.07, 6.45) is 0.334. The molecule has 0 saturated carbocycles. The van der Waals surface area contributed by atoms with Gasteiger partial charge in [0.05, 0.1) is 12.2 Å². The molecule has 0 unspecified atom stereocenters. The van der Waals surface area contributed by atoms with Crippen LogP contribution < -0.4 is 15.1 Å². The Morgan fingerprint density at radius 1 is 1.13 bits per heavy atom. The van der Waals surface area contributed by atoms with E-state index in [4.69, 9.17) is 0 Å². The van der Waals surface area contributed by atoms with Crippen LogP contribution in [0.1, 0.15) is 17.5 Å². The number of fused-ring (bicyclic) bond motifs is 1. The lowest BCUT2D eigenvalue weighted by atomic mass is 10.1. The number of nitrogens with zero attached hydrogens (tertiary/aromatic N) is 4. The Balaban J connectivity index is 1.45. The number of benzene rings is 2. The monoisotopic (exact) mass is 417 g/mol. The van der Waals surface area contributed by atoms with E-state index in [1.54, 1.807) is 0 Å². The molecule has 0 fully saturated rings. The standard InChI is InChI=1S/C24H27N5O2/c1-17-6-4-5-7-20(17)21-14-23-28(24(31)12-13-29(23)26-21)16-22(30)25-15-18-8-10-19(11-9-18)27(2)3/h4-11,14H,12-13,15-16H2,1-3H3,(H,25,30). The first-order valence-corrected chi connectivity index (χ1v) is 10.4. The van der Waals surface area contributed by atoms with Gasteiger partial charge in [-0.2, -0.15) is 5.10 Å². The highest BCUT2D eigenvalue weighted by Crippen LogP contribution is 2.29. The van der Waals surface area contributed by atoms with Crippen molar-refractivity contribution in [3.05, 3.63) is 65.7 Å². The second-order valence-electron chi connectivity index (χ2n) is 7.99. The lowest BCUT2D eigenvalue weighted by molar-refractivity contribution is -0.124. The average molecular weight is 418 g/mol. The van der Waals surface area contributed by atoms with Crippen LogP contribution >= 0.6 is 0 Å². The fourth-order valence-corrected chi connectivity index (χ4v) is 3.73. The van der Waals surface area contributed by atoms with Crippen LogP contribution in [0.3, 0.4) is 0 Å². The lowest BCUT2D eigenvalue weighted by Crippen LogP contribution is -2.44. The molecule has 0 saturated heterocycles. The van der Waals surface area contributed by atoms with Gasteiger partial charge in [0.1, 0.15) is 12.4 Å². The van der Waals surface area contributed by atoms with Crippen molar-refractivity contribution >= 4 is 23.3 Å². The van der Waals surface area contributed by atoms with Gasteiger partial charge < -0.3 is 10.2 Å². The minimum atomic E-state index is -0.197. The third-order valence-corrected chi connectivity index (χ3v) is 5.54. The summed E-state index contributed by atoms with van der Waals surface area (Å²) in [6, 6.07) is 17.9. The number of aryl methyl sites for hydroxylation is 2. The zero-order valence-corrected chi connectivity index (χ0v) is 18.1. The average Bonchev–Trinajstić information content (AvgIpc) is 3.19. The number of hydrogen-bond donors (Lipinski definition) is 1. The maximum absolute atomic E-state index is 12.6. The summed E-state index contributed by atoms with van der Waals surface area (Å²) >= 11 is 0. The number of carbonyl (C=O) groups excluding carboxylic acids is 2. The van der Waals surface area contributed by atoms with Crippen LogP contribution in [0.15, 0.2) is 54.6 Å². The number of nitrogens with one attached hydrogen (secondary N) is 1. The second kappa shape index (κ2) is 8.63. The van der Waals surface area contributed by atoms with Crippen LogP contribution in [0.2, 0.25) is 0 Å². The first-order chi connectivity index (χ1) is 14.9. The van der Waals surface area contributed by atoms with Gasteiger partial charge in [-0.15, -0.1) is 0 Å². The summed E-state index contributed by atoms with van der Waals surface area (Å²) in [5.41, 5.74) is 5.08. The van der Waals surface area contributed by atoms with E-state index in [-0.39, 0.29) is 18.4 Å². The van der Waals surface area contributed by atoms with E-state index in [0.29, 0.717) is 25.3 Å². The maximum atomic E-state index is 12.6. The smallest absolute Gasteiger partial charge is 0.240 e. The van der Waals surface area contributed by atoms with Crippen LogP contribution in [-0.4, -0.2) is 42.2 Å². The molecule has 1 aromatic heterocycles. The molecule has 1 aliphatic heterocycles. The number of rotatable bonds is 6. The molecule has 0 bridgehead atoms. The number of aromatic nitrogens is 2. The number of carbonyl (C=O) groups is 2. The third-order valence-electron chi connectivity index (χ3n) is 5.54. The lowest BCUT2D eigenvalue weighted by Gasteiger charge is -2.26. The maximum Gasteiger partial charge on any atom is 0.240 e. The predicted molar refractivity (Wildman–Crippen MR) is 122 cm³/mol. The van der Waals surface area contributed by atoms with Crippen LogP contribution in [0.4, 0.5) is 11.5 Å². The molecule has 2 aromatic carbocycles. The molecule has 2 amide bonds. The quantitative estimate of drug-likeness (QED) is 0.669. The van der Waals surface area contributed by atoms with Crippen molar-refractivity contribution in [3.8, 4) is 11.3 Å². The molecule has 7 nitrogen and oxygen atoms in total. The van der Waals surface area contributed by atoms with Crippen molar-refractivity contribution in [1.82, 2.24) is 15.1 Å². The van der Waals surface area contributed by atoms with Gasteiger partial charge in [-0.25, -0.2) is 4.68 Å². The Hall–Kier alpha value is -3.61. The highest BCUT2D eigenvalue weighted by molar-refractivity contribution is 5.99. The Labute approximate surface area is 182 Å². The van der Waals surface area contributed by atoms with E-state index < -0.39 is 0 Å². The zero-order chi connectivity index (χ0) is 22.0. The first-order valence-electron chi connectivity index (χ1n) is 10.4. The van der Waals surface area contributed by atoms with Crippen LogP contribution in [0.25, 0.3) is 11.3 Å². The molecule has 4 rings (SSSR count). The van der Waals surface area contributed by atoms with Crippen molar-refractivity contribution in [1.29, 1.82) is 0 Å². The summed E-state index contributed by atoms with van der Waals surface area (Å²) in [5.74, 6) is 0.409. The van der Waals surface area contributed by atoms with E-state index in [1.165, 1.54) is 4.90 Å². The van der Waals surface area contributed by atoms with E-state index in [1.807, 2.05) is 85.2 Å². The summed E-state index contributed by atoms with van der Waals surface area (Å²) in [7, 11) is 3.98. The number of amides is 2. The molecular weight excluding hydrogens is 390 g/mol. The molecule has 0 atom stereocenters. The topological polar surface area (TPSA) is 70.5 Å². The normalized spacial score (nSPS) is 13.1. The van der Waals surface area contributed by atoms with Crippen molar-refractivity contribution in [3.63, 3.8) is 0 Å². The molecule has 3 aromatic rings. The van der Waals surface area contributed by atoms with Crippen molar-refractivity contribution in [2.45, 2.75) is 26.4 Å². The van der Waals surface area contributed by atoms with E-state index in [9.17, 15) is 9.59 Å². The number of anilines is 2. The van der Waals surface area contributed by atoms with Gasteiger partial charge in [0.2, 0.25) is 11.8 Å². The summed E-state index contributed by atoms with van der Waals surface area (Å²) in [6.45, 7) is 2.96. The van der Waals surface area contributed by atoms with Gasteiger partial charge in [0.15, 0.2) is 0 Å². The Morgan fingerprint density at radius 2 is 1.87 bits per heavy atom. The molecule has 0 spiro atoms. The zero-order valence-electron chi connectivity index (χ0n) is 18.1. The highest BCUT2D eigenvalue weighted by Gasteiger charge is 2.28. The molecule has 0 radical (unpaired) electrons. The predicted octanol–water partition coefficient (Wildman–Crippen LogP) is 2.98. The summed E-state index contributed by atoms with van der Waals surface area (Å²) < 4.78 is 1.82. The van der Waals surface area contributed by atoms with Crippen LogP contribution in [-0.2, 0) is 22.7 Å². The molecule has 0 aliphatic carbocycles. The van der Waals surface area contributed by atoms with Gasteiger partial charge >= 0.3 is 0 Å². The van der Waals surface area contributed by atoms with Crippen molar-refractivity contribution in [2.75, 3.05) is 30.4 Å². The molecule has 1 aliphatic rings. The summed E-state index contributed by atoms with van der Waals surface area (Å²) in [5, 5.41) is 7.59. The first kappa shape index (κ1) is 20.7. The van der Waals surface area contributed by atoms with E-state index in [2.05, 4.69) is 10.4 Å². The van der Waals surface area contributed by atoms with Gasteiger partial charge in [-0.1, -0.05) is 36.4 Å². The van der Waals surface area contributed by atoms with Crippen molar-refractivity contribution in [2.24, 2.45) is 0 Å². The molecular formula is C24H27N5O2. The SMILES string of the molecule is Cc1ccccc1-c1cc2n(n1)CCC(=O)N2CC(=O)NCc1ccc(N(C)C)cc1. The Bertz CT molecular complexity index is 1100. The van der Waals surface area contributed by atoms with Gasteiger partial charge in [0, 0.05) is 44.4 Å². The third kappa shape index (κ3) is 4.45. The van der Waals surface area contributed by atoms with Crippen LogP contribution in [0, 0.1) is 6.92 Å². The van der Waals surface area contributed by atoms with Crippen LogP contribution in [0.5, 0.6) is 0 Å². The molecule has 2 heterocycles. The van der Waals surface area contributed by atoms with E-state index in [0.717, 1.165) is 28.1 Å². The van der Waals surface area contributed by atoms with Crippen molar-refractivity contribution < 1.29 is 9.59 Å². The fraction of sp³-hybridized carbons (Fsp3) is 0.292. The molecule has 7 heteroatoms. The van der Waals surface area contributed by atoms with Gasteiger partial charge in [-0.05, 0) is 30.2 Å². The minimum Gasteiger partial charge on any atom is -0.378 e.